The van der Waals surface area contributed by atoms with E-state index in [9.17, 15) is 4.79 Å². The van der Waals surface area contributed by atoms with Gasteiger partial charge in [-0.2, -0.15) is 0 Å². The van der Waals surface area contributed by atoms with Crippen LogP contribution in [0.2, 0.25) is 0 Å². The highest BCUT2D eigenvalue weighted by Gasteiger charge is 2.18. The average molecular weight is 320 g/mol. The van der Waals surface area contributed by atoms with Gasteiger partial charge in [0.05, 0.1) is 18.3 Å². The molecule has 22 heavy (non-hydrogen) atoms. The van der Waals surface area contributed by atoms with Gasteiger partial charge in [0.15, 0.2) is 0 Å². The number of rotatable bonds is 3. The lowest BCUT2D eigenvalue weighted by atomic mass is 9.86. The van der Waals surface area contributed by atoms with Crippen LogP contribution in [0.15, 0.2) is 42.6 Å². The zero-order valence-electron chi connectivity index (χ0n) is 13.1. The van der Waals surface area contributed by atoms with Gasteiger partial charge in [0, 0.05) is 11.4 Å². The van der Waals surface area contributed by atoms with Gasteiger partial charge in [0.2, 0.25) is 5.91 Å². The van der Waals surface area contributed by atoms with E-state index in [1.807, 2.05) is 24.3 Å². The Kier molecular flexibility index (Phi) is 5.94. The monoisotopic (exact) mass is 319 g/mol. The van der Waals surface area contributed by atoms with Crippen molar-refractivity contribution in [2.75, 3.05) is 11.1 Å². The molecule has 0 radical (unpaired) electrons. The molecule has 5 heteroatoms. The largest absolute Gasteiger partial charge is 0.397 e. The second-order valence-electron chi connectivity index (χ2n) is 6.10. The molecule has 0 aliphatic carbocycles. The Hall–Kier alpha value is -2.07. The molecule has 0 aliphatic rings. The maximum atomic E-state index is 12.2. The molecule has 1 amide bonds. The molecule has 0 fully saturated rings. The van der Waals surface area contributed by atoms with Crippen molar-refractivity contribution in [2.45, 2.75) is 32.6 Å². The molecule has 0 bridgehead atoms. The van der Waals surface area contributed by atoms with Crippen molar-refractivity contribution in [1.29, 1.82) is 0 Å². The van der Waals surface area contributed by atoms with Gasteiger partial charge in [-0.3, -0.25) is 9.78 Å². The van der Waals surface area contributed by atoms with E-state index in [2.05, 4.69) is 31.1 Å². The minimum absolute atomic E-state index is 0. The van der Waals surface area contributed by atoms with Crippen LogP contribution in [0.25, 0.3) is 0 Å². The predicted octanol–water partition coefficient (Wildman–Crippen LogP) is 3.56. The van der Waals surface area contributed by atoms with E-state index in [1.165, 1.54) is 0 Å². The first kappa shape index (κ1) is 18.0. The van der Waals surface area contributed by atoms with Crippen molar-refractivity contribution >= 4 is 29.7 Å². The third-order valence-electron chi connectivity index (χ3n) is 3.20. The molecule has 0 atom stereocenters. The lowest BCUT2D eigenvalue weighted by molar-refractivity contribution is -0.115. The molecule has 1 heterocycles. The predicted molar refractivity (Wildman–Crippen MR) is 93.4 cm³/mol. The summed E-state index contributed by atoms with van der Waals surface area (Å²) in [4.78, 5) is 16.3. The average Bonchev–Trinajstić information content (AvgIpc) is 2.41. The molecular weight excluding hydrogens is 298 g/mol. The van der Waals surface area contributed by atoms with Crippen LogP contribution >= 0.6 is 12.4 Å². The van der Waals surface area contributed by atoms with Crippen LogP contribution in [-0.2, 0) is 16.6 Å². The van der Waals surface area contributed by atoms with Crippen molar-refractivity contribution < 1.29 is 4.79 Å². The Morgan fingerprint density at radius 2 is 1.86 bits per heavy atom. The first-order chi connectivity index (χ1) is 9.86. The van der Waals surface area contributed by atoms with E-state index in [4.69, 9.17) is 5.73 Å². The molecule has 1 aromatic carbocycles. The lowest BCUT2D eigenvalue weighted by Gasteiger charge is -2.23. The molecule has 4 nitrogen and oxygen atoms in total. The molecule has 0 spiro atoms. The molecule has 0 aliphatic heterocycles. The number of nitrogens with zero attached hydrogens (tertiary/aromatic N) is 1. The number of carbonyl (C=O) groups excluding carboxylic acids is 1. The van der Waals surface area contributed by atoms with Gasteiger partial charge in [0.1, 0.15) is 0 Å². The molecule has 3 N–H and O–H groups in total. The minimum Gasteiger partial charge on any atom is -0.397 e. The first-order valence-corrected chi connectivity index (χ1v) is 6.96. The van der Waals surface area contributed by atoms with Crippen LogP contribution in [0.4, 0.5) is 11.4 Å². The summed E-state index contributed by atoms with van der Waals surface area (Å²) in [5, 5.41) is 2.97. The van der Waals surface area contributed by atoms with Gasteiger partial charge in [-0.05, 0) is 29.2 Å². The summed E-state index contributed by atoms with van der Waals surface area (Å²) in [7, 11) is 0. The van der Waals surface area contributed by atoms with Crippen LogP contribution in [0.1, 0.15) is 32.0 Å². The summed E-state index contributed by atoms with van der Waals surface area (Å²) in [5.41, 5.74) is 8.83. The second-order valence-corrected chi connectivity index (χ2v) is 6.10. The van der Waals surface area contributed by atoms with Crippen molar-refractivity contribution in [2.24, 2.45) is 0 Å². The Labute approximate surface area is 137 Å². The Bertz CT molecular complexity index is 633. The number of anilines is 2. The van der Waals surface area contributed by atoms with E-state index in [-0.39, 0.29) is 30.2 Å². The molecular formula is C17H22ClN3O. The molecule has 0 saturated carbocycles. The highest BCUT2D eigenvalue weighted by atomic mass is 35.5. The molecule has 0 saturated heterocycles. The summed E-state index contributed by atoms with van der Waals surface area (Å²) < 4.78 is 0. The third kappa shape index (κ3) is 4.74. The van der Waals surface area contributed by atoms with Crippen molar-refractivity contribution in [3.8, 4) is 0 Å². The highest BCUT2D eigenvalue weighted by molar-refractivity contribution is 5.93. The Balaban J connectivity index is 0.00000242. The van der Waals surface area contributed by atoms with Gasteiger partial charge in [-0.15, -0.1) is 12.4 Å². The summed E-state index contributed by atoms with van der Waals surface area (Å²) >= 11 is 0. The number of benzene rings is 1. The number of nitrogens with two attached hydrogens (primary N) is 1. The summed E-state index contributed by atoms with van der Waals surface area (Å²) in [5.74, 6) is -0.0797. The lowest BCUT2D eigenvalue weighted by Crippen LogP contribution is -2.20. The third-order valence-corrected chi connectivity index (χ3v) is 3.20. The van der Waals surface area contributed by atoms with E-state index in [0.29, 0.717) is 11.4 Å². The number of nitrogen functional groups attached to an aromatic ring is 1. The van der Waals surface area contributed by atoms with Crippen LogP contribution in [0.3, 0.4) is 0 Å². The number of pyridine rings is 1. The van der Waals surface area contributed by atoms with Crippen molar-refractivity contribution in [3.63, 3.8) is 0 Å². The van der Waals surface area contributed by atoms with Gasteiger partial charge in [0.25, 0.3) is 0 Å². The quantitative estimate of drug-likeness (QED) is 0.908. The summed E-state index contributed by atoms with van der Waals surface area (Å²) in [6, 6.07) is 11.4. The number of aromatic nitrogens is 1. The topological polar surface area (TPSA) is 68.0 Å². The molecule has 118 valence electrons. The maximum absolute atomic E-state index is 12.2. The fourth-order valence-electron chi connectivity index (χ4n) is 2.15. The van der Waals surface area contributed by atoms with E-state index >= 15 is 0 Å². The second kappa shape index (κ2) is 7.27. The van der Waals surface area contributed by atoms with Crippen molar-refractivity contribution in [3.05, 3.63) is 53.9 Å². The van der Waals surface area contributed by atoms with E-state index in [1.54, 1.807) is 18.3 Å². The SMILES string of the molecule is CC(C)(C)c1ccccc1NC(=O)Cc1ccc(N)cn1.Cl. The number of amides is 1. The molecule has 0 unspecified atom stereocenters. The summed E-state index contributed by atoms with van der Waals surface area (Å²) in [6.45, 7) is 6.37. The number of para-hydroxylation sites is 1. The summed E-state index contributed by atoms with van der Waals surface area (Å²) in [6.07, 6.45) is 1.80. The van der Waals surface area contributed by atoms with Gasteiger partial charge in [-0.25, -0.2) is 0 Å². The van der Waals surface area contributed by atoms with Gasteiger partial charge < -0.3 is 11.1 Å². The fraction of sp³-hybridized carbons (Fsp3) is 0.294. The number of hydrogen-bond acceptors (Lipinski definition) is 3. The zero-order chi connectivity index (χ0) is 15.5. The van der Waals surface area contributed by atoms with Gasteiger partial charge >= 0.3 is 0 Å². The van der Waals surface area contributed by atoms with Crippen LogP contribution in [0.5, 0.6) is 0 Å². The van der Waals surface area contributed by atoms with Crippen LogP contribution in [0, 0.1) is 0 Å². The number of halogens is 1. The molecule has 1 aromatic heterocycles. The Morgan fingerprint density at radius 1 is 1.18 bits per heavy atom. The maximum Gasteiger partial charge on any atom is 0.230 e. The standard InChI is InChI=1S/C17H21N3O.ClH/c1-17(2,3)14-6-4-5-7-15(14)20-16(21)10-13-9-8-12(18)11-19-13;/h4-9,11H,10,18H2,1-3H3,(H,20,21);1H. The van der Waals surface area contributed by atoms with Gasteiger partial charge in [-0.1, -0.05) is 39.0 Å². The fourth-order valence-corrected chi connectivity index (χ4v) is 2.15. The van der Waals surface area contributed by atoms with Crippen molar-refractivity contribution in [1.82, 2.24) is 4.98 Å². The minimum atomic E-state index is -0.0797. The van der Waals surface area contributed by atoms with E-state index in [0.717, 1.165) is 11.3 Å². The number of hydrogen-bond donors (Lipinski definition) is 2. The van der Waals surface area contributed by atoms with Crippen LogP contribution in [-0.4, -0.2) is 10.9 Å². The Morgan fingerprint density at radius 3 is 2.45 bits per heavy atom. The number of nitrogens with one attached hydrogen (secondary N) is 1. The van der Waals surface area contributed by atoms with E-state index < -0.39 is 0 Å². The smallest absolute Gasteiger partial charge is 0.230 e. The highest BCUT2D eigenvalue weighted by Crippen LogP contribution is 2.29. The zero-order valence-corrected chi connectivity index (χ0v) is 13.9. The van der Waals surface area contributed by atoms with Crippen LogP contribution < -0.4 is 11.1 Å². The first-order valence-electron chi connectivity index (χ1n) is 6.96. The molecule has 2 aromatic rings. The molecule has 2 rings (SSSR count). The number of carbonyl (C=O) groups is 1. The normalized spacial score (nSPS) is 10.7.